The van der Waals surface area contributed by atoms with Crippen LogP contribution in [0.3, 0.4) is 0 Å². The molecule has 1 heterocycles. The minimum Gasteiger partial charge on any atom is -0.491 e. The molecule has 1 saturated heterocycles. The number of piperazine rings is 1. The molecule has 0 unspecified atom stereocenters. The largest absolute Gasteiger partial charge is 0.491 e. The molecule has 1 aromatic rings. The number of Topliss-reactive ketones (excluding diaryl/α,β-unsaturated/α-hetero) is 1. The van der Waals surface area contributed by atoms with Gasteiger partial charge in [-0.3, -0.25) is 9.69 Å². The molecule has 2 rings (SSSR count). The highest BCUT2D eigenvalue weighted by atomic mass is 16.5. The Kier molecular flexibility index (Phi) is 12.8. The maximum atomic E-state index is 12.5. The summed E-state index contributed by atoms with van der Waals surface area (Å²) in [5.74, 6) is 1.01. The minimum atomic E-state index is 0.213. The van der Waals surface area contributed by atoms with E-state index in [1.165, 1.54) is 0 Å². The van der Waals surface area contributed by atoms with Crippen molar-refractivity contribution in [2.45, 2.75) is 46.5 Å². The number of nitrogens with zero attached hydrogens (tertiary/aromatic N) is 2. The third-order valence-corrected chi connectivity index (χ3v) is 5.87. The molecule has 0 aromatic heterocycles. The number of unbranched alkanes of at least 4 members (excludes halogenated alkanes) is 1. The predicted molar refractivity (Wildman–Crippen MR) is 125 cm³/mol. The van der Waals surface area contributed by atoms with Crippen LogP contribution < -0.4 is 4.74 Å². The van der Waals surface area contributed by atoms with Gasteiger partial charge in [0.2, 0.25) is 0 Å². The molecule has 176 valence electrons. The number of ketones is 1. The van der Waals surface area contributed by atoms with E-state index < -0.39 is 0 Å². The van der Waals surface area contributed by atoms with E-state index >= 15 is 0 Å². The van der Waals surface area contributed by atoms with Crippen molar-refractivity contribution in [1.82, 2.24) is 9.80 Å². The summed E-state index contributed by atoms with van der Waals surface area (Å²) in [7, 11) is 0. The zero-order valence-electron chi connectivity index (χ0n) is 19.9. The lowest BCUT2D eigenvalue weighted by atomic mass is 9.97. The first-order valence-electron chi connectivity index (χ1n) is 12.1. The number of hydrogen-bond donors (Lipinski definition) is 0. The molecule has 6 nitrogen and oxygen atoms in total. The van der Waals surface area contributed by atoms with Crippen molar-refractivity contribution in [3.8, 4) is 5.75 Å². The van der Waals surface area contributed by atoms with Crippen LogP contribution >= 0.6 is 0 Å². The first kappa shape index (κ1) is 25.8. The lowest BCUT2D eigenvalue weighted by Crippen LogP contribution is -2.47. The first-order valence-corrected chi connectivity index (χ1v) is 12.1. The Labute approximate surface area is 188 Å². The van der Waals surface area contributed by atoms with Crippen molar-refractivity contribution in [3.05, 3.63) is 29.3 Å². The summed E-state index contributed by atoms with van der Waals surface area (Å²) in [5.41, 5.74) is 1.81. The van der Waals surface area contributed by atoms with Crippen molar-refractivity contribution in [2.75, 3.05) is 72.3 Å². The Morgan fingerprint density at radius 1 is 0.903 bits per heavy atom. The van der Waals surface area contributed by atoms with Crippen LogP contribution in [-0.2, 0) is 15.9 Å². The summed E-state index contributed by atoms with van der Waals surface area (Å²) in [4.78, 5) is 17.4. The molecule has 0 saturated carbocycles. The van der Waals surface area contributed by atoms with Gasteiger partial charge in [0, 0.05) is 50.3 Å². The number of carbonyl (C=O) groups is 1. The van der Waals surface area contributed by atoms with Gasteiger partial charge in [-0.2, -0.15) is 0 Å². The Hall–Kier alpha value is -1.47. The van der Waals surface area contributed by atoms with Gasteiger partial charge in [-0.15, -0.1) is 0 Å². The maximum Gasteiger partial charge on any atom is 0.163 e. The average Bonchev–Trinajstić information content (AvgIpc) is 2.81. The molecule has 0 radical (unpaired) electrons. The average molecular weight is 435 g/mol. The second-order valence-electron chi connectivity index (χ2n) is 8.01. The van der Waals surface area contributed by atoms with Gasteiger partial charge in [0.05, 0.1) is 26.4 Å². The fourth-order valence-electron chi connectivity index (χ4n) is 3.85. The van der Waals surface area contributed by atoms with E-state index in [4.69, 9.17) is 14.2 Å². The van der Waals surface area contributed by atoms with Gasteiger partial charge >= 0.3 is 0 Å². The van der Waals surface area contributed by atoms with Crippen molar-refractivity contribution in [2.24, 2.45) is 0 Å². The van der Waals surface area contributed by atoms with E-state index in [-0.39, 0.29) is 5.78 Å². The van der Waals surface area contributed by atoms with Crippen LogP contribution in [0, 0.1) is 0 Å². The van der Waals surface area contributed by atoms with Gasteiger partial charge in [-0.05, 0) is 25.5 Å². The minimum absolute atomic E-state index is 0.213. The SMILES string of the molecule is CCCCC(=O)c1cccc(OCCOCCOCCN2CCN(CC)CC2)c1CC. The highest BCUT2D eigenvalue weighted by Gasteiger charge is 2.15. The summed E-state index contributed by atoms with van der Waals surface area (Å²) in [5, 5.41) is 0. The summed E-state index contributed by atoms with van der Waals surface area (Å²) in [6.45, 7) is 16.0. The standard InChI is InChI=1S/C25H42N2O4/c1-4-7-10-24(28)23-9-8-11-25(22(23)5-2)31-21-20-30-19-18-29-17-16-27-14-12-26(6-3)13-15-27/h8-9,11H,4-7,10,12-21H2,1-3H3. The van der Waals surface area contributed by atoms with Crippen LogP contribution in [0.1, 0.15) is 56.0 Å². The van der Waals surface area contributed by atoms with E-state index in [0.717, 1.165) is 82.0 Å². The molecule has 6 heteroatoms. The predicted octanol–water partition coefficient (Wildman–Crippen LogP) is 3.67. The van der Waals surface area contributed by atoms with E-state index in [2.05, 4.69) is 30.6 Å². The second-order valence-corrected chi connectivity index (χ2v) is 8.01. The van der Waals surface area contributed by atoms with Gasteiger partial charge in [0.25, 0.3) is 0 Å². The van der Waals surface area contributed by atoms with Gasteiger partial charge in [-0.25, -0.2) is 0 Å². The number of ether oxygens (including phenoxy) is 3. The highest BCUT2D eigenvalue weighted by Crippen LogP contribution is 2.24. The van der Waals surface area contributed by atoms with E-state index in [9.17, 15) is 4.79 Å². The Morgan fingerprint density at radius 3 is 2.26 bits per heavy atom. The zero-order chi connectivity index (χ0) is 22.3. The normalized spacial score (nSPS) is 15.3. The van der Waals surface area contributed by atoms with E-state index in [1.54, 1.807) is 0 Å². The lowest BCUT2D eigenvalue weighted by molar-refractivity contribution is 0.0243. The molecule has 0 spiro atoms. The lowest BCUT2D eigenvalue weighted by Gasteiger charge is -2.33. The molecule has 0 N–H and O–H groups in total. The number of likely N-dealkylation sites (N-methyl/N-ethyl adjacent to an activating group) is 1. The van der Waals surface area contributed by atoms with Gasteiger partial charge in [0.15, 0.2) is 5.78 Å². The molecular formula is C25H42N2O4. The van der Waals surface area contributed by atoms with Crippen LogP contribution in [-0.4, -0.2) is 87.9 Å². The van der Waals surface area contributed by atoms with Crippen molar-refractivity contribution >= 4 is 5.78 Å². The number of rotatable bonds is 16. The third kappa shape index (κ3) is 9.27. The van der Waals surface area contributed by atoms with Crippen LogP contribution in [0.4, 0.5) is 0 Å². The molecule has 31 heavy (non-hydrogen) atoms. The molecule has 0 atom stereocenters. The highest BCUT2D eigenvalue weighted by molar-refractivity contribution is 5.98. The summed E-state index contributed by atoms with van der Waals surface area (Å²) in [6, 6.07) is 5.77. The monoisotopic (exact) mass is 434 g/mol. The number of hydrogen-bond acceptors (Lipinski definition) is 6. The van der Waals surface area contributed by atoms with Gasteiger partial charge in [-0.1, -0.05) is 39.3 Å². The summed E-state index contributed by atoms with van der Waals surface area (Å²) in [6.07, 6.45) is 3.34. The zero-order valence-corrected chi connectivity index (χ0v) is 19.9. The van der Waals surface area contributed by atoms with Crippen molar-refractivity contribution in [3.63, 3.8) is 0 Å². The van der Waals surface area contributed by atoms with Crippen LogP contribution in [0.2, 0.25) is 0 Å². The quantitative estimate of drug-likeness (QED) is 0.292. The molecule has 0 amide bonds. The Balaban J connectivity index is 1.57. The van der Waals surface area contributed by atoms with Crippen LogP contribution in [0.5, 0.6) is 5.75 Å². The second kappa shape index (κ2) is 15.4. The molecule has 1 aliphatic rings. The molecule has 1 aliphatic heterocycles. The number of benzene rings is 1. The number of carbonyl (C=O) groups excluding carboxylic acids is 1. The molecule has 0 bridgehead atoms. The molecular weight excluding hydrogens is 392 g/mol. The van der Waals surface area contributed by atoms with Crippen LogP contribution in [0.25, 0.3) is 0 Å². The molecule has 1 fully saturated rings. The molecule has 0 aliphatic carbocycles. The maximum absolute atomic E-state index is 12.5. The van der Waals surface area contributed by atoms with Crippen LogP contribution in [0.15, 0.2) is 18.2 Å². The smallest absolute Gasteiger partial charge is 0.163 e. The van der Waals surface area contributed by atoms with E-state index in [1.807, 2.05) is 18.2 Å². The Morgan fingerprint density at radius 2 is 1.58 bits per heavy atom. The topological polar surface area (TPSA) is 51.2 Å². The van der Waals surface area contributed by atoms with Crippen molar-refractivity contribution < 1.29 is 19.0 Å². The molecule has 1 aromatic carbocycles. The fraction of sp³-hybridized carbons (Fsp3) is 0.720. The summed E-state index contributed by atoms with van der Waals surface area (Å²) >= 11 is 0. The van der Waals surface area contributed by atoms with Gasteiger partial charge in [0.1, 0.15) is 12.4 Å². The summed E-state index contributed by atoms with van der Waals surface area (Å²) < 4.78 is 17.3. The van der Waals surface area contributed by atoms with Crippen molar-refractivity contribution in [1.29, 1.82) is 0 Å². The fourth-order valence-corrected chi connectivity index (χ4v) is 3.85. The third-order valence-electron chi connectivity index (χ3n) is 5.87. The first-order chi connectivity index (χ1) is 15.2. The van der Waals surface area contributed by atoms with Gasteiger partial charge < -0.3 is 19.1 Å². The Bertz CT molecular complexity index is 630. The van der Waals surface area contributed by atoms with E-state index in [0.29, 0.717) is 32.8 Å².